The molecule has 11 nitrogen and oxygen atoms in total. The Kier molecular flexibility index (Phi) is 6.16. The minimum atomic E-state index is -0.740. The Morgan fingerprint density at radius 2 is 2.08 bits per heavy atom. The van der Waals surface area contributed by atoms with Crippen LogP contribution >= 0.6 is 11.3 Å². The number of halogens is 1. The summed E-state index contributed by atoms with van der Waals surface area (Å²) < 4.78 is 18.3. The van der Waals surface area contributed by atoms with Crippen LogP contribution in [0.3, 0.4) is 0 Å². The van der Waals surface area contributed by atoms with Gasteiger partial charge >= 0.3 is 0 Å². The fraction of sp³-hybridized carbons (Fsp3) is 0.148. The zero-order valence-corrected chi connectivity index (χ0v) is 22.2. The Labute approximate surface area is 230 Å². The lowest BCUT2D eigenvalue weighted by molar-refractivity contribution is 0.0939. The smallest absolute Gasteiger partial charge is 0.268 e. The van der Waals surface area contributed by atoms with Crippen LogP contribution in [0, 0.1) is 17.7 Å². The number of amides is 1. The average Bonchev–Trinajstić information content (AvgIpc) is 3.63. The predicted octanol–water partition coefficient (Wildman–Crippen LogP) is 2.89. The van der Waals surface area contributed by atoms with Gasteiger partial charge in [-0.1, -0.05) is 11.8 Å². The summed E-state index contributed by atoms with van der Waals surface area (Å²) >= 11 is 1.27. The minimum absolute atomic E-state index is 0.0631. The van der Waals surface area contributed by atoms with E-state index < -0.39 is 23.3 Å². The van der Waals surface area contributed by atoms with Gasteiger partial charge in [0.1, 0.15) is 27.9 Å². The maximum Gasteiger partial charge on any atom is 0.268 e. The number of nitrogen functional groups attached to an aromatic ring is 1. The quantitative estimate of drug-likeness (QED) is 0.290. The number of benzene rings is 1. The molecule has 0 fully saturated rings. The van der Waals surface area contributed by atoms with Gasteiger partial charge in [-0.25, -0.2) is 14.1 Å². The molecule has 0 saturated heterocycles. The van der Waals surface area contributed by atoms with Crippen molar-refractivity contribution in [1.82, 2.24) is 34.4 Å². The van der Waals surface area contributed by atoms with Crippen molar-refractivity contribution in [3.8, 4) is 17.5 Å². The summed E-state index contributed by atoms with van der Waals surface area (Å²) in [7, 11) is 1.79. The number of hydrogen-bond donors (Lipinski definition) is 3. The molecule has 4 N–H and O–H groups in total. The van der Waals surface area contributed by atoms with E-state index in [2.05, 4.69) is 32.7 Å². The van der Waals surface area contributed by atoms with Crippen molar-refractivity contribution >= 4 is 45.3 Å². The lowest BCUT2D eigenvalue weighted by Gasteiger charge is -2.19. The third-order valence-corrected chi connectivity index (χ3v) is 7.17. The van der Waals surface area contributed by atoms with Gasteiger partial charge in [0.15, 0.2) is 5.82 Å². The van der Waals surface area contributed by atoms with E-state index in [0.717, 1.165) is 0 Å². The number of nitrogens with zero attached hydrogens (tertiary/aromatic N) is 6. The molecule has 13 heteroatoms. The van der Waals surface area contributed by atoms with Crippen molar-refractivity contribution in [2.45, 2.75) is 13.0 Å². The third-order valence-electron chi connectivity index (χ3n) is 6.30. The normalized spacial score (nSPS) is 12.9. The van der Waals surface area contributed by atoms with Gasteiger partial charge in [-0.15, -0.1) is 16.4 Å². The highest BCUT2D eigenvalue weighted by atomic mass is 32.1. The van der Waals surface area contributed by atoms with Crippen LogP contribution < -0.4 is 21.9 Å². The minimum Gasteiger partial charge on any atom is -0.381 e. The summed E-state index contributed by atoms with van der Waals surface area (Å²) in [6.07, 6.45) is 6.97. The van der Waals surface area contributed by atoms with Crippen LogP contribution in [0.15, 0.2) is 52.9 Å². The second kappa shape index (κ2) is 9.83. The molecule has 6 rings (SSSR count). The van der Waals surface area contributed by atoms with Gasteiger partial charge in [-0.05, 0) is 37.3 Å². The van der Waals surface area contributed by atoms with Crippen LogP contribution in [-0.4, -0.2) is 41.6 Å². The molecule has 1 amide bonds. The van der Waals surface area contributed by atoms with Crippen molar-refractivity contribution in [2.75, 3.05) is 17.6 Å². The lowest BCUT2D eigenvalue weighted by atomic mass is 10.2. The van der Waals surface area contributed by atoms with E-state index in [1.54, 1.807) is 42.6 Å². The van der Waals surface area contributed by atoms with Crippen LogP contribution in [0.1, 0.15) is 40.3 Å². The number of aromatic nitrogens is 6. The molecule has 0 spiro atoms. The summed E-state index contributed by atoms with van der Waals surface area (Å²) in [5, 5.41) is 16.4. The van der Waals surface area contributed by atoms with E-state index in [4.69, 9.17) is 10.7 Å². The fourth-order valence-corrected chi connectivity index (χ4v) is 5.32. The summed E-state index contributed by atoms with van der Waals surface area (Å²) in [4.78, 5) is 32.6. The first-order valence-electron chi connectivity index (χ1n) is 12.2. The van der Waals surface area contributed by atoms with Crippen LogP contribution in [0.2, 0.25) is 0 Å². The largest absolute Gasteiger partial charge is 0.381 e. The van der Waals surface area contributed by atoms with Crippen molar-refractivity contribution in [3.05, 3.63) is 86.8 Å². The van der Waals surface area contributed by atoms with E-state index >= 15 is 0 Å². The molecule has 5 heterocycles. The molecule has 1 unspecified atom stereocenters. The molecule has 1 aromatic carbocycles. The fourth-order valence-electron chi connectivity index (χ4n) is 4.45. The van der Waals surface area contributed by atoms with Gasteiger partial charge in [-0.3, -0.25) is 18.8 Å². The molecule has 0 radical (unpaired) electrons. The number of nitrogens with one attached hydrogen (secondary N) is 2. The molecule has 0 bridgehead atoms. The number of thiophene rings is 1. The van der Waals surface area contributed by atoms with Gasteiger partial charge in [-0.2, -0.15) is 5.10 Å². The molecule has 40 heavy (non-hydrogen) atoms. The predicted molar refractivity (Wildman–Crippen MR) is 151 cm³/mol. The average molecular weight is 556 g/mol. The van der Waals surface area contributed by atoms with Crippen molar-refractivity contribution in [1.29, 1.82) is 0 Å². The second-order valence-electron chi connectivity index (χ2n) is 9.08. The Hall–Kier alpha value is -5.22. The number of carbonyl (C=O) groups is 1. The molecule has 0 aliphatic carbocycles. The topological polar surface area (TPSA) is 138 Å². The van der Waals surface area contributed by atoms with E-state index in [1.807, 2.05) is 6.08 Å². The maximum absolute atomic E-state index is 14.0. The first-order valence-corrected chi connectivity index (χ1v) is 13.1. The van der Waals surface area contributed by atoms with E-state index in [9.17, 15) is 14.0 Å². The molecular weight excluding hydrogens is 533 g/mol. The van der Waals surface area contributed by atoms with E-state index in [1.165, 1.54) is 44.9 Å². The highest BCUT2D eigenvalue weighted by molar-refractivity contribution is 7.17. The molecular formula is C27H22FN9O2S. The summed E-state index contributed by atoms with van der Waals surface area (Å²) in [6.45, 7) is 2.23. The molecule has 1 aliphatic heterocycles. The van der Waals surface area contributed by atoms with Crippen molar-refractivity contribution in [2.24, 2.45) is 7.05 Å². The van der Waals surface area contributed by atoms with E-state index in [0.29, 0.717) is 39.4 Å². The van der Waals surface area contributed by atoms with Gasteiger partial charge < -0.3 is 16.4 Å². The van der Waals surface area contributed by atoms with Crippen LogP contribution in [0.4, 0.5) is 16.0 Å². The number of anilines is 2. The maximum atomic E-state index is 14.0. The monoisotopic (exact) mass is 555 g/mol. The zero-order chi connectivity index (χ0) is 28.0. The number of rotatable bonds is 4. The SMILES string of the molecule is CC(NC(=O)c1c(N)nn2c1NCC=C2)c1nc2scc(C#Cc3cnn(C)c3)c2c(=O)n1-c1ccc(F)cc1. The number of hydrogen-bond acceptors (Lipinski definition) is 8. The highest BCUT2D eigenvalue weighted by Gasteiger charge is 2.27. The van der Waals surface area contributed by atoms with Crippen LogP contribution in [-0.2, 0) is 7.05 Å². The van der Waals surface area contributed by atoms with Crippen LogP contribution in [0.5, 0.6) is 0 Å². The molecule has 0 saturated carbocycles. The number of nitrogens with two attached hydrogens (primary N) is 1. The molecule has 200 valence electrons. The van der Waals surface area contributed by atoms with Gasteiger partial charge in [0.05, 0.1) is 34.4 Å². The van der Waals surface area contributed by atoms with Gasteiger partial charge in [0.2, 0.25) is 0 Å². The van der Waals surface area contributed by atoms with Crippen LogP contribution in [0.25, 0.3) is 22.1 Å². The van der Waals surface area contributed by atoms with Gasteiger partial charge in [0, 0.05) is 31.4 Å². The first-order chi connectivity index (χ1) is 19.3. The zero-order valence-electron chi connectivity index (χ0n) is 21.3. The Morgan fingerprint density at radius 1 is 1.27 bits per heavy atom. The lowest BCUT2D eigenvalue weighted by Crippen LogP contribution is -2.33. The standard InChI is InChI=1S/C27H22FN9O2S/c1-15(32-25(38)21-22(29)34-36-11-3-10-30-24(21)36)23-33-26-20(27(39)37(23)19-8-6-18(28)7-9-19)17(14-40-26)5-4-16-12-31-35(2)13-16/h3,6-9,11-15,30H,10H2,1-2H3,(H2,29,34)(H,32,38). The van der Waals surface area contributed by atoms with Crippen molar-refractivity contribution < 1.29 is 9.18 Å². The molecule has 5 aromatic rings. The first kappa shape index (κ1) is 25.1. The summed E-state index contributed by atoms with van der Waals surface area (Å²) in [5.74, 6) is 5.94. The van der Waals surface area contributed by atoms with E-state index in [-0.39, 0.29) is 17.2 Å². The molecule has 1 aliphatic rings. The highest BCUT2D eigenvalue weighted by Crippen LogP contribution is 2.27. The molecule has 4 aromatic heterocycles. The Balaban J connectivity index is 1.44. The molecule has 1 atom stereocenters. The summed E-state index contributed by atoms with van der Waals surface area (Å²) in [5.41, 5.74) is 7.46. The number of fused-ring (bicyclic) bond motifs is 2. The van der Waals surface area contributed by atoms with Gasteiger partial charge in [0.25, 0.3) is 11.5 Å². The second-order valence-corrected chi connectivity index (χ2v) is 9.94. The van der Waals surface area contributed by atoms with Crippen molar-refractivity contribution in [3.63, 3.8) is 0 Å². The Bertz CT molecular complexity index is 1940. The Morgan fingerprint density at radius 3 is 2.83 bits per heavy atom. The number of carbonyl (C=O) groups excluding carboxylic acids is 1. The summed E-state index contributed by atoms with van der Waals surface area (Å²) in [6, 6.07) is 4.75. The third kappa shape index (κ3) is 4.40. The number of aryl methyl sites for hydroxylation is 1.